The van der Waals surface area contributed by atoms with E-state index in [2.05, 4.69) is 5.32 Å². The van der Waals surface area contributed by atoms with Crippen molar-refractivity contribution in [3.05, 3.63) is 48.0 Å². The number of amides is 2. The zero-order chi connectivity index (χ0) is 16.3. The Bertz CT molecular complexity index is 704. The van der Waals surface area contributed by atoms with Crippen LogP contribution in [0.25, 0.3) is 10.8 Å². The van der Waals surface area contributed by atoms with Crippen LogP contribution in [0, 0.1) is 0 Å². The quantitative estimate of drug-likeness (QED) is 0.770. The predicted molar refractivity (Wildman–Crippen MR) is 87.0 cm³/mol. The molecular weight excluding hydrogens is 278 g/mol. The molecule has 22 heavy (non-hydrogen) atoms. The average molecular weight is 299 g/mol. The minimum atomic E-state index is -1.06. The maximum Gasteiger partial charge on any atom is 0.240 e. The van der Waals surface area contributed by atoms with Crippen LogP contribution in [0.5, 0.6) is 0 Å². The number of nitrogens with two attached hydrogens (primary N) is 2. The fourth-order valence-electron chi connectivity index (χ4n) is 2.17. The molecule has 0 unspecified atom stereocenters. The van der Waals surface area contributed by atoms with Crippen LogP contribution >= 0.6 is 0 Å². The summed E-state index contributed by atoms with van der Waals surface area (Å²) in [6, 6.07) is 13.1. The minimum Gasteiger partial charge on any atom is -0.368 e. The Balaban J connectivity index is 2.19. The van der Waals surface area contributed by atoms with E-state index in [1.54, 1.807) is 13.8 Å². The van der Waals surface area contributed by atoms with Gasteiger partial charge in [-0.05, 0) is 30.2 Å². The lowest BCUT2D eigenvalue weighted by atomic mass is 10.00. The van der Waals surface area contributed by atoms with Gasteiger partial charge in [-0.1, -0.05) is 42.5 Å². The highest BCUT2D eigenvalue weighted by Crippen LogP contribution is 2.16. The molecule has 2 aromatic rings. The van der Waals surface area contributed by atoms with E-state index >= 15 is 0 Å². The third kappa shape index (κ3) is 3.83. The smallest absolute Gasteiger partial charge is 0.240 e. The van der Waals surface area contributed by atoms with Crippen molar-refractivity contribution in [2.75, 3.05) is 0 Å². The number of hydrogen-bond donors (Lipinski definition) is 3. The molecule has 0 fully saturated rings. The Morgan fingerprint density at radius 1 is 1.14 bits per heavy atom. The van der Waals surface area contributed by atoms with Crippen molar-refractivity contribution in [2.24, 2.45) is 11.5 Å². The molecule has 0 bridgehead atoms. The second-order valence-electron chi connectivity index (χ2n) is 6.04. The van der Waals surface area contributed by atoms with Gasteiger partial charge >= 0.3 is 0 Å². The molecule has 0 aliphatic rings. The zero-order valence-corrected chi connectivity index (χ0v) is 12.8. The maximum absolute atomic E-state index is 11.9. The van der Waals surface area contributed by atoms with Gasteiger partial charge in [0, 0.05) is 6.42 Å². The summed E-state index contributed by atoms with van der Waals surface area (Å²) < 4.78 is 0. The van der Waals surface area contributed by atoms with Gasteiger partial charge in [0.15, 0.2) is 0 Å². The fourth-order valence-corrected chi connectivity index (χ4v) is 2.17. The first-order chi connectivity index (χ1) is 10.3. The predicted octanol–water partition coefficient (Wildman–Crippen LogP) is 1.09. The van der Waals surface area contributed by atoms with Gasteiger partial charge in [0.1, 0.15) is 6.04 Å². The van der Waals surface area contributed by atoms with Gasteiger partial charge < -0.3 is 16.8 Å². The molecule has 0 saturated heterocycles. The number of nitrogens with one attached hydrogen (secondary N) is 1. The molecule has 116 valence electrons. The third-order valence-electron chi connectivity index (χ3n) is 3.49. The van der Waals surface area contributed by atoms with E-state index < -0.39 is 23.4 Å². The Morgan fingerprint density at radius 2 is 1.77 bits per heavy atom. The Hall–Kier alpha value is -2.40. The van der Waals surface area contributed by atoms with Gasteiger partial charge in [0.05, 0.1) is 5.54 Å². The molecule has 5 nitrogen and oxygen atoms in total. The third-order valence-corrected chi connectivity index (χ3v) is 3.49. The Labute approximate surface area is 129 Å². The number of rotatable bonds is 5. The second-order valence-corrected chi connectivity index (χ2v) is 6.04. The molecule has 0 spiro atoms. The highest BCUT2D eigenvalue weighted by molar-refractivity contribution is 5.91. The number of carbonyl (C=O) groups excluding carboxylic acids is 2. The molecule has 5 N–H and O–H groups in total. The molecule has 0 heterocycles. The molecule has 2 aromatic carbocycles. The van der Waals surface area contributed by atoms with Gasteiger partial charge in [-0.15, -0.1) is 0 Å². The van der Waals surface area contributed by atoms with Crippen molar-refractivity contribution in [1.29, 1.82) is 0 Å². The van der Waals surface area contributed by atoms with Crippen LogP contribution in [-0.2, 0) is 16.0 Å². The molecule has 0 aliphatic carbocycles. The van der Waals surface area contributed by atoms with E-state index in [0.29, 0.717) is 6.42 Å². The van der Waals surface area contributed by atoms with E-state index in [4.69, 9.17) is 11.5 Å². The van der Waals surface area contributed by atoms with Gasteiger partial charge in [-0.2, -0.15) is 0 Å². The lowest BCUT2D eigenvalue weighted by Crippen LogP contribution is -2.55. The van der Waals surface area contributed by atoms with Crippen LogP contribution in [-0.4, -0.2) is 23.4 Å². The lowest BCUT2D eigenvalue weighted by molar-refractivity contribution is -0.130. The summed E-state index contributed by atoms with van der Waals surface area (Å²) in [4.78, 5) is 23.5. The monoisotopic (exact) mass is 299 g/mol. The molecule has 0 aliphatic heterocycles. The van der Waals surface area contributed by atoms with Gasteiger partial charge in [-0.3, -0.25) is 9.59 Å². The van der Waals surface area contributed by atoms with Crippen LogP contribution < -0.4 is 16.8 Å². The standard InChI is InChI=1S/C17H21N3O2/c1-17(2,19)16(22)20-14(15(18)21)10-11-7-8-12-5-3-4-6-13(12)9-11/h3-9,14H,10,19H2,1-2H3,(H2,18,21)(H,20,22)/t14-/m1/s1. The molecule has 5 heteroatoms. The SMILES string of the molecule is CC(C)(N)C(=O)N[C@H](Cc1ccc2ccccc2c1)C(N)=O. The van der Waals surface area contributed by atoms with E-state index in [9.17, 15) is 9.59 Å². The van der Waals surface area contributed by atoms with Crippen LogP contribution in [0.2, 0.25) is 0 Å². The first-order valence-electron chi connectivity index (χ1n) is 7.14. The van der Waals surface area contributed by atoms with Crippen molar-refractivity contribution in [3.8, 4) is 0 Å². The summed E-state index contributed by atoms with van der Waals surface area (Å²) >= 11 is 0. The summed E-state index contributed by atoms with van der Waals surface area (Å²) in [6.45, 7) is 3.16. The second kappa shape index (κ2) is 6.15. The minimum absolute atomic E-state index is 0.335. The normalized spacial score (nSPS) is 12.9. The van der Waals surface area contributed by atoms with E-state index in [-0.39, 0.29) is 0 Å². The van der Waals surface area contributed by atoms with E-state index in [0.717, 1.165) is 16.3 Å². The summed E-state index contributed by atoms with van der Waals surface area (Å²) in [6.07, 6.45) is 0.335. The van der Waals surface area contributed by atoms with Crippen LogP contribution in [0.15, 0.2) is 42.5 Å². The lowest BCUT2D eigenvalue weighted by Gasteiger charge is -2.22. The van der Waals surface area contributed by atoms with Crippen LogP contribution in [0.4, 0.5) is 0 Å². The van der Waals surface area contributed by atoms with Crippen LogP contribution in [0.1, 0.15) is 19.4 Å². The topological polar surface area (TPSA) is 98.2 Å². The van der Waals surface area contributed by atoms with Gasteiger partial charge in [0.2, 0.25) is 11.8 Å². The van der Waals surface area contributed by atoms with E-state index in [1.807, 2.05) is 42.5 Å². The summed E-state index contributed by atoms with van der Waals surface area (Å²) in [5.74, 6) is -0.983. The van der Waals surface area contributed by atoms with Crippen molar-refractivity contribution in [2.45, 2.75) is 31.8 Å². The Kier molecular flexibility index (Phi) is 4.47. The van der Waals surface area contributed by atoms with E-state index in [1.165, 1.54) is 0 Å². The average Bonchev–Trinajstić information content (AvgIpc) is 2.45. The number of hydrogen-bond acceptors (Lipinski definition) is 3. The summed E-state index contributed by atoms with van der Waals surface area (Å²) in [5, 5.41) is 4.81. The van der Waals surface area contributed by atoms with Crippen molar-refractivity contribution >= 4 is 22.6 Å². The molecule has 0 saturated carbocycles. The van der Waals surface area contributed by atoms with Crippen molar-refractivity contribution in [1.82, 2.24) is 5.32 Å². The molecule has 0 radical (unpaired) electrons. The molecular formula is C17H21N3O2. The fraction of sp³-hybridized carbons (Fsp3) is 0.294. The van der Waals surface area contributed by atoms with Crippen molar-refractivity contribution in [3.63, 3.8) is 0 Å². The molecule has 2 amide bonds. The first kappa shape index (κ1) is 16.0. The van der Waals surface area contributed by atoms with Crippen LogP contribution in [0.3, 0.4) is 0 Å². The van der Waals surface area contributed by atoms with Crippen molar-refractivity contribution < 1.29 is 9.59 Å². The number of fused-ring (bicyclic) bond motifs is 1. The molecule has 2 rings (SSSR count). The summed E-state index contributed by atoms with van der Waals surface area (Å²) in [5.41, 5.74) is 11.0. The molecule has 0 aromatic heterocycles. The number of carbonyl (C=O) groups is 2. The largest absolute Gasteiger partial charge is 0.368 e. The number of primary amides is 1. The zero-order valence-electron chi connectivity index (χ0n) is 12.8. The highest BCUT2D eigenvalue weighted by atomic mass is 16.2. The first-order valence-corrected chi connectivity index (χ1v) is 7.14. The Morgan fingerprint density at radius 3 is 2.36 bits per heavy atom. The number of benzene rings is 2. The van der Waals surface area contributed by atoms with Gasteiger partial charge in [-0.25, -0.2) is 0 Å². The van der Waals surface area contributed by atoms with Gasteiger partial charge in [0.25, 0.3) is 0 Å². The molecule has 1 atom stereocenters. The summed E-state index contributed by atoms with van der Waals surface area (Å²) in [7, 11) is 0. The maximum atomic E-state index is 11.9. The highest BCUT2D eigenvalue weighted by Gasteiger charge is 2.27.